The maximum atomic E-state index is 12.1. The number of amides is 1. The summed E-state index contributed by atoms with van der Waals surface area (Å²) in [5.74, 6) is 0.169. The number of carbonyl (C=O) groups excluding carboxylic acids is 1. The molecular weight excluding hydrogens is 298 g/mol. The summed E-state index contributed by atoms with van der Waals surface area (Å²) in [7, 11) is 1.45. The molecule has 0 bridgehead atoms. The molecule has 5 heteroatoms. The Morgan fingerprint density at radius 2 is 2.17 bits per heavy atom. The second kappa shape index (κ2) is 6.64. The minimum absolute atomic E-state index is 0.0168. The first kappa shape index (κ1) is 14.8. The standard InChI is InChI=1S/C13H18BrNO3/c1-8(2)10(7-14)15-13(17)9-5-4-6-11(18-3)12(9)16/h4-6,8,10,16H,7H2,1-3H3,(H,15,17). The van der Waals surface area contributed by atoms with Gasteiger partial charge in [-0.2, -0.15) is 0 Å². The fourth-order valence-electron chi connectivity index (χ4n) is 1.50. The predicted molar refractivity (Wildman–Crippen MR) is 74.5 cm³/mol. The van der Waals surface area contributed by atoms with Gasteiger partial charge in [0.05, 0.1) is 12.7 Å². The molecular formula is C13H18BrNO3. The summed E-state index contributed by atoms with van der Waals surface area (Å²) in [6.07, 6.45) is 0. The van der Waals surface area contributed by atoms with Gasteiger partial charge >= 0.3 is 0 Å². The maximum absolute atomic E-state index is 12.1. The van der Waals surface area contributed by atoms with Gasteiger partial charge in [-0.3, -0.25) is 4.79 Å². The van der Waals surface area contributed by atoms with E-state index in [1.165, 1.54) is 7.11 Å². The molecule has 0 saturated heterocycles. The molecule has 4 nitrogen and oxygen atoms in total. The summed E-state index contributed by atoms with van der Waals surface area (Å²) in [6.45, 7) is 4.05. The summed E-state index contributed by atoms with van der Waals surface area (Å²) >= 11 is 3.36. The van der Waals surface area contributed by atoms with Crippen molar-refractivity contribution in [2.75, 3.05) is 12.4 Å². The highest BCUT2D eigenvalue weighted by atomic mass is 79.9. The van der Waals surface area contributed by atoms with Gasteiger partial charge in [0.25, 0.3) is 5.91 Å². The lowest BCUT2D eigenvalue weighted by atomic mass is 10.1. The molecule has 0 heterocycles. The van der Waals surface area contributed by atoms with Gasteiger partial charge in [0, 0.05) is 11.4 Å². The summed E-state index contributed by atoms with van der Waals surface area (Å²) in [5, 5.41) is 13.4. The number of hydrogen-bond donors (Lipinski definition) is 2. The molecule has 100 valence electrons. The molecule has 0 aromatic heterocycles. The monoisotopic (exact) mass is 315 g/mol. The summed E-state index contributed by atoms with van der Waals surface area (Å²) in [5.41, 5.74) is 0.223. The van der Waals surface area contributed by atoms with Crippen molar-refractivity contribution < 1.29 is 14.6 Å². The first-order chi connectivity index (χ1) is 8.51. The number of benzene rings is 1. The molecule has 0 spiro atoms. The van der Waals surface area contributed by atoms with Gasteiger partial charge in [0.1, 0.15) is 0 Å². The van der Waals surface area contributed by atoms with E-state index in [9.17, 15) is 9.90 Å². The summed E-state index contributed by atoms with van der Waals surface area (Å²) in [6, 6.07) is 4.87. The molecule has 1 aromatic carbocycles. The molecule has 0 aliphatic carbocycles. The molecule has 18 heavy (non-hydrogen) atoms. The van der Waals surface area contributed by atoms with E-state index >= 15 is 0 Å². The highest BCUT2D eigenvalue weighted by Gasteiger charge is 2.19. The van der Waals surface area contributed by atoms with Gasteiger partial charge in [-0.15, -0.1) is 0 Å². The zero-order valence-electron chi connectivity index (χ0n) is 10.7. The van der Waals surface area contributed by atoms with Crippen LogP contribution in [0.4, 0.5) is 0 Å². The number of hydrogen-bond acceptors (Lipinski definition) is 3. The Bertz CT molecular complexity index is 421. The van der Waals surface area contributed by atoms with Crippen LogP contribution in [0.2, 0.25) is 0 Å². The molecule has 0 aliphatic rings. The van der Waals surface area contributed by atoms with E-state index in [1.54, 1.807) is 18.2 Å². The number of alkyl halides is 1. The number of methoxy groups -OCH3 is 1. The van der Waals surface area contributed by atoms with Gasteiger partial charge in [0.15, 0.2) is 11.5 Å². The molecule has 0 aliphatic heterocycles. The lowest BCUT2D eigenvalue weighted by Crippen LogP contribution is -2.39. The minimum atomic E-state index is -0.301. The first-order valence-electron chi connectivity index (χ1n) is 5.74. The van der Waals surface area contributed by atoms with E-state index in [1.807, 2.05) is 13.8 Å². The Balaban J connectivity index is 2.91. The number of carbonyl (C=O) groups is 1. The normalized spacial score (nSPS) is 12.3. The average Bonchev–Trinajstić information content (AvgIpc) is 2.35. The highest BCUT2D eigenvalue weighted by molar-refractivity contribution is 9.09. The second-order valence-corrected chi connectivity index (χ2v) is 4.98. The van der Waals surface area contributed by atoms with E-state index in [0.29, 0.717) is 17.0 Å². The van der Waals surface area contributed by atoms with Crippen molar-refractivity contribution >= 4 is 21.8 Å². The maximum Gasteiger partial charge on any atom is 0.255 e. The van der Waals surface area contributed by atoms with Crippen LogP contribution in [0.15, 0.2) is 18.2 Å². The van der Waals surface area contributed by atoms with Crippen LogP contribution >= 0.6 is 15.9 Å². The third kappa shape index (κ3) is 3.38. The van der Waals surface area contributed by atoms with Gasteiger partial charge in [-0.25, -0.2) is 0 Å². The highest BCUT2D eigenvalue weighted by Crippen LogP contribution is 2.29. The van der Waals surface area contributed by atoms with E-state index < -0.39 is 0 Å². The molecule has 1 aromatic rings. The topological polar surface area (TPSA) is 58.6 Å². The van der Waals surface area contributed by atoms with Crippen molar-refractivity contribution in [3.05, 3.63) is 23.8 Å². The molecule has 1 rings (SSSR count). The van der Waals surface area contributed by atoms with Gasteiger partial charge in [-0.1, -0.05) is 35.8 Å². The number of phenols is 1. The number of aromatic hydroxyl groups is 1. The van der Waals surface area contributed by atoms with Crippen LogP contribution in [0.3, 0.4) is 0 Å². The number of phenolic OH excluding ortho intramolecular Hbond substituents is 1. The first-order valence-corrected chi connectivity index (χ1v) is 6.86. The molecule has 1 unspecified atom stereocenters. The Labute approximate surface area is 115 Å². The lowest BCUT2D eigenvalue weighted by molar-refractivity contribution is 0.0928. The van der Waals surface area contributed by atoms with Crippen LogP contribution in [-0.4, -0.2) is 29.5 Å². The molecule has 0 radical (unpaired) electrons. The van der Waals surface area contributed by atoms with Crippen LogP contribution in [0.25, 0.3) is 0 Å². The zero-order chi connectivity index (χ0) is 13.7. The van der Waals surface area contributed by atoms with Crippen molar-refractivity contribution in [2.24, 2.45) is 5.92 Å². The largest absolute Gasteiger partial charge is 0.504 e. The van der Waals surface area contributed by atoms with Crippen molar-refractivity contribution in [1.29, 1.82) is 0 Å². The van der Waals surface area contributed by atoms with Crippen LogP contribution in [-0.2, 0) is 0 Å². The van der Waals surface area contributed by atoms with Crippen molar-refractivity contribution in [3.63, 3.8) is 0 Å². The van der Waals surface area contributed by atoms with Gasteiger partial charge < -0.3 is 15.2 Å². The van der Waals surface area contributed by atoms with Crippen molar-refractivity contribution in [1.82, 2.24) is 5.32 Å². The number of rotatable bonds is 5. The third-order valence-electron chi connectivity index (χ3n) is 2.75. The summed E-state index contributed by atoms with van der Waals surface area (Å²) < 4.78 is 4.98. The van der Waals surface area contributed by atoms with E-state index in [2.05, 4.69) is 21.2 Å². The van der Waals surface area contributed by atoms with Crippen LogP contribution in [0.5, 0.6) is 11.5 Å². The Hall–Kier alpha value is -1.23. The predicted octanol–water partition coefficient (Wildman–Crippen LogP) is 2.55. The third-order valence-corrected chi connectivity index (χ3v) is 3.45. The number of halogens is 1. The Morgan fingerprint density at radius 1 is 1.50 bits per heavy atom. The van der Waals surface area contributed by atoms with E-state index in [0.717, 1.165) is 0 Å². The quantitative estimate of drug-likeness (QED) is 0.821. The number of ether oxygens (including phenoxy) is 1. The van der Waals surface area contributed by atoms with Crippen LogP contribution in [0.1, 0.15) is 24.2 Å². The summed E-state index contributed by atoms with van der Waals surface area (Å²) in [4.78, 5) is 12.1. The van der Waals surface area contributed by atoms with Crippen LogP contribution < -0.4 is 10.1 Å². The fraction of sp³-hybridized carbons (Fsp3) is 0.462. The molecule has 2 N–H and O–H groups in total. The van der Waals surface area contributed by atoms with Gasteiger partial charge in [-0.05, 0) is 18.1 Å². The number of para-hydroxylation sites is 1. The smallest absolute Gasteiger partial charge is 0.255 e. The SMILES string of the molecule is COc1cccc(C(=O)NC(CBr)C(C)C)c1O. The molecule has 1 amide bonds. The van der Waals surface area contributed by atoms with E-state index in [-0.39, 0.29) is 23.3 Å². The second-order valence-electron chi connectivity index (χ2n) is 4.33. The van der Waals surface area contributed by atoms with E-state index in [4.69, 9.17) is 4.74 Å². The fourth-order valence-corrected chi connectivity index (χ4v) is 2.41. The lowest BCUT2D eigenvalue weighted by Gasteiger charge is -2.20. The Morgan fingerprint density at radius 3 is 2.67 bits per heavy atom. The average molecular weight is 316 g/mol. The molecule has 0 fully saturated rings. The van der Waals surface area contributed by atoms with Crippen molar-refractivity contribution in [3.8, 4) is 11.5 Å². The zero-order valence-corrected chi connectivity index (χ0v) is 12.3. The van der Waals surface area contributed by atoms with Crippen LogP contribution in [0, 0.1) is 5.92 Å². The number of nitrogens with one attached hydrogen (secondary N) is 1. The minimum Gasteiger partial charge on any atom is -0.504 e. The molecule has 0 saturated carbocycles. The van der Waals surface area contributed by atoms with Crippen molar-refractivity contribution in [2.45, 2.75) is 19.9 Å². The molecule has 1 atom stereocenters. The van der Waals surface area contributed by atoms with Gasteiger partial charge in [0.2, 0.25) is 0 Å². The Kier molecular flexibility index (Phi) is 5.47.